The molecule has 0 radical (unpaired) electrons. The maximum absolute atomic E-state index is 12.8. The van der Waals surface area contributed by atoms with Crippen molar-refractivity contribution in [2.24, 2.45) is 11.7 Å². The standard InChI is InChI=1S/C16H22F3N3O2/c1-21-13-3-2-11(8-10(13)4-6-20)15(23)24-14-9-12(5-7-22-14)16(17,18)19/h2-3,8,12,14,21-22H,4-7,9,20H2,1H3. The van der Waals surface area contributed by atoms with Crippen LogP contribution in [0.1, 0.15) is 28.8 Å². The van der Waals surface area contributed by atoms with Gasteiger partial charge < -0.3 is 15.8 Å². The van der Waals surface area contributed by atoms with Crippen molar-refractivity contribution in [3.05, 3.63) is 29.3 Å². The first kappa shape index (κ1) is 18.5. The van der Waals surface area contributed by atoms with E-state index < -0.39 is 24.3 Å². The fourth-order valence-corrected chi connectivity index (χ4v) is 2.79. The Morgan fingerprint density at radius 1 is 1.46 bits per heavy atom. The van der Waals surface area contributed by atoms with Crippen LogP contribution in [0, 0.1) is 5.92 Å². The monoisotopic (exact) mass is 345 g/mol. The molecule has 134 valence electrons. The van der Waals surface area contributed by atoms with Gasteiger partial charge in [-0.1, -0.05) is 0 Å². The summed E-state index contributed by atoms with van der Waals surface area (Å²) in [5, 5.41) is 5.81. The summed E-state index contributed by atoms with van der Waals surface area (Å²) in [7, 11) is 1.76. The number of benzene rings is 1. The highest BCUT2D eigenvalue weighted by Gasteiger charge is 2.43. The largest absolute Gasteiger partial charge is 0.443 e. The number of halogens is 3. The van der Waals surface area contributed by atoms with E-state index in [1.807, 2.05) is 0 Å². The van der Waals surface area contributed by atoms with Gasteiger partial charge in [0.1, 0.15) is 0 Å². The fraction of sp³-hybridized carbons (Fsp3) is 0.562. The number of piperidine rings is 1. The van der Waals surface area contributed by atoms with Crippen LogP contribution in [0.25, 0.3) is 0 Å². The number of esters is 1. The second-order valence-electron chi connectivity index (χ2n) is 5.77. The molecule has 0 amide bonds. The number of carbonyl (C=O) groups excluding carboxylic acids is 1. The molecule has 1 fully saturated rings. The number of nitrogens with one attached hydrogen (secondary N) is 2. The summed E-state index contributed by atoms with van der Waals surface area (Å²) in [5.41, 5.74) is 7.57. The van der Waals surface area contributed by atoms with E-state index in [1.165, 1.54) is 0 Å². The van der Waals surface area contributed by atoms with Gasteiger partial charge in [0.05, 0.1) is 11.5 Å². The molecule has 2 rings (SSSR count). The molecular formula is C16H22F3N3O2. The summed E-state index contributed by atoms with van der Waals surface area (Å²) in [6.07, 6.45) is -4.89. The Morgan fingerprint density at radius 3 is 2.83 bits per heavy atom. The normalized spacial score (nSPS) is 21.4. The zero-order valence-electron chi connectivity index (χ0n) is 13.5. The number of carbonyl (C=O) groups is 1. The third kappa shape index (κ3) is 4.61. The van der Waals surface area contributed by atoms with Crippen molar-refractivity contribution in [3.63, 3.8) is 0 Å². The van der Waals surface area contributed by atoms with Crippen molar-refractivity contribution in [3.8, 4) is 0 Å². The quantitative estimate of drug-likeness (QED) is 0.714. The SMILES string of the molecule is CNc1ccc(C(=O)OC2CC(C(F)(F)F)CCN2)cc1CCN. The van der Waals surface area contributed by atoms with Crippen molar-refractivity contribution in [2.45, 2.75) is 31.7 Å². The van der Waals surface area contributed by atoms with E-state index in [-0.39, 0.29) is 19.4 Å². The van der Waals surface area contributed by atoms with Crippen LogP contribution < -0.4 is 16.4 Å². The van der Waals surface area contributed by atoms with Crippen molar-refractivity contribution >= 4 is 11.7 Å². The molecule has 1 aromatic carbocycles. The highest BCUT2D eigenvalue weighted by atomic mass is 19.4. The number of alkyl halides is 3. The van der Waals surface area contributed by atoms with Crippen LogP contribution in [0.5, 0.6) is 0 Å². The van der Waals surface area contributed by atoms with Crippen molar-refractivity contribution < 1.29 is 22.7 Å². The lowest BCUT2D eigenvalue weighted by Crippen LogP contribution is -2.45. The first-order chi connectivity index (χ1) is 11.3. The minimum atomic E-state index is -4.27. The van der Waals surface area contributed by atoms with Crippen LogP contribution in [0.2, 0.25) is 0 Å². The molecule has 1 heterocycles. The van der Waals surface area contributed by atoms with Gasteiger partial charge in [-0.15, -0.1) is 0 Å². The maximum atomic E-state index is 12.8. The molecule has 2 unspecified atom stereocenters. The smallest absolute Gasteiger partial charge is 0.392 e. The van der Waals surface area contributed by atoms with Gasteiger partial charge >= 0.3 is 12.1 Å². The van der Waals surface area contributed by atoms with Gasteiger partial charge in [0.2, 0.25) is 0 Å². The Balaban J connectivity index is 2.05. The minimum Gasteiger partial charge on any atom is -0.443 e. The zero-order chi connectivity index (χ0) is 17.7. The molecule has 1 aromatic rings. The molecule has 2 atom stereocenters. The fourth-order valence-electron chi connectivity index (χ4n) is 2.79. The number of ether oxygens (including phenoxy) is 1. The Morgan fingerprint density at radius 2 is 2.21 bits per heavy atom. The second kappa shape index (κ2) is 7.85. The van der Waals surface area contributed by atoms with Gasteiger partial charge in [0, 0.05) is 19.2 Å². The summed E-state index contributed by atoms with van der Waals surface area (Å²) in [6.45, 7) is 0.587. The third-order valence-corrected chi connectivity index (χ3v) is 4.10. The van der Waals surface area contributed by atoms with Crippen LogP contribution in [0.4, 0.5) is 18.9 Å². The number of rotatable bonds is 5. The molecule has 5 nitrogen and oxygen atoms in total. The molecule has 0 bridgehead atoms. The average Bonchev–Trinajstić information content (AvgIpc) is 2.54. The third-order valence-electron chi connectivity index (χ3n) is 4.10. The molecule has 0 saturated carbocycles. The molecule has 4 N–H and O–H groups in total. The zero-order valence-corrected chi connectivity index (χ0v) is 13.5. The molecule has 0 aromatic heterocycles. The van der Waals surface area contributed by atoms with E-state index in [9.17, 15) is 18.0 Å². The van der Waals surface area contributed by atoms with Gasteiger partial charge in [-0.2, -0.15) is 13.2 Å². The summed E-state index contributed by atoms with van der Waals surface area (Å²) < 4.78 is 43.6. The molecule has 8 heteroatoms. The predicted molar refractivity (Wildman–Crippen MR) is 84.7 cm³/mol. The lowest BCUT2D eigenvalue weighted by molar-refractivity contribution is -0.190. The summed E-state index contributed by atoms with van der Waals surface area (Å²) in [5.74, 6) is -2.09. The molecule has 1 saturated heterocycles. The van der Waals surface area contributed by atoms with Gasteiger partial charge in [-0.3, -0.25) is 5.32 Å². The Labute approximate surface area is 138 Å². The first-order valence-electron chi connectivity index (χ1n) is 7.87. The number of hydrogen-bond acceptors (Lipinski definition) is 5. The van der Waals surface area contributed by atoms with Crippen molar-refractivity contribution in [1.82, 2.24) is 5.32 Å². The summed E-state index contributed by atoms with van der Waals surface area (Å²) in [4.78, 5) is 12.2. The number of nitrogens with two attached hydrogens (primary N) is 1. The Hall–Kier alpha value is -1.80. The molecular weight excluding hydrogens is 323 g/mol. The molecule has 0 aliphatic carbocycles. The van der Waals surface area contributed by atoms with Crippen LogP contribution in [-0.4, -0.2) is 38.5 Å². The lowest BCUT2D eigenvalue weighted by atomic mass is 9.96. The van der Waals surface area contributed by atoms with Crippen LogP contribution in [0.15, 0.2) is 18.2 Å². The molecule has 24 heavy (non-hydrogen) atoms. The van der Waals surface area contributed by atoms with E-state index in [1.54, 1.807) is 25.2 Å². The molecule has 1 aliphatic rings. The topological polar surface area (TPSA) is 76.4 Å². The van der Waals surface area contributed by atoms with Crippen LogP contribution >= 0.6 is 0 Å². The maximum Gasteiger partial charge on any atom is 0.392 e. The second-order valence-corrected chi connectivity index (χ2v) is 5.77. The average molecular weight is 345 g/mol. The Bertz CT molecular complexity index is 578. The van der Waals surface area contributed by atoms with Gasteiger partial charge in [0.15, 0.2) is 6.23 Å². The minimum absolute atomic E-state index is 0.00490. The number of hydrogen-bond donors (Lipinski definition) is 3. The lowest BCUT2D eigenvalue weighted by Gasteiger charge is -2.31. The summed E-state index contributed by atoms with van der Waals surface area (Å²) >= 11 is 0. The van der Waals surface area contributed by atoms with E-state index in [0.29, 0.717) is 18.5 Å². The van der Waals surface area contributed by atoms with E-state index in [0.717, 1.165) is 11.3 Å². The summed E-state index contributed by atoms with van der Waals surface area (Å²) in [6, 6.07) is 4.97. The van der Waals surface area contributed by atoms with Gasteiger partial charge in [-0.05, 0) is 49.7 Å². The highest BCUT2D eigenvalue weighted by Crippen LogP contribution is 2.34. The van der Waals surface area contributed by atoms with Crippen molar-refractivity contribution in [2.75, 3.05) is 25.5 Å². The number of anilines is 1. The van der Waals surface area contributed by atoms with Crippen LogP contribution in [0.3, 0.4) is 0 Å². The van der Waals surface area contributed by atoms with E-state index in [4.69, 9.17) is 10.5 Å². The van der Waals surface area contributed by atoms with Crippen molar-refractivity contribution in [1.29, 1.82) is 0 Å². The molecule has 1 aliphatic heterocycles. The van der Waals surface area contributed by atoms with Gasteiger partial charge in [-0.25, -0.2) is 4.79 Å². The van der Waals surface area contributed by atoms with E-state index >= 15 is 0 Å². The van der Waals surface area contributed by atoms with Gasteiger partial charge in [0.25, 0.3) is 0 Å². The highest BCUT2D eigenvalue weighted by molar-refractivity contribution is 5.90. The predicted octanol–water partition coefficient (Wildman–Crippen LogP) is 2.27. The Kier molecular flexibility index (Phi) is 6.06. The molecule has 0 spiro atoms. The van der Waals surface area contributed by atoms with Crippen LogP contribution in [-0.2, 0) is 11.2 Å². The van der Waals surface area contributed by atoms with E-state index in [2.05, 4.69) is 10.6 Å². The first-order valence-corrected chi connectivity index (χ1v) is 7.87.